The van der Waals surface area contributed by atoms with E-state index in [9.17, 15) is 4.79 Å². The van der Waals surface area contributed by atoms with Crippen LogP contribution in [0.5, 0.6) is 0 Å². The number of rotatable bonds is 7. The van der Waals surface area contributed by atoms with Crippen LogP contribution in [0.25, 0.3) is 0 Å². The average molecular weight is 281 g/mol. The molecule has 0 radical (unpaired) electrons. The van der Waals surface area contributed by atoms with Crippen molar-refractivity contribution in [2.75, 3.05) is 6.61 Å². The van der Waals surface area contributed by atoms with Gasteiger partial charge in [-0.05, 0) is 49.3 Å². The minimum absolute atomic E-state index is 0.277. The molecule has 19 heavy (non-hydrogen) atoms. The van der Waals surface area contributed by atoms with E-state index in [1.54, 1.807) is 24.3 Å². The van der Waals surface area contributed by atoms with Gasteiger partial charge in [-0.2, -0.15) is 0 Å². The number of hydrogen-bond acceptors (Lipinski definition) is 2. The van der Waals surface area contributed by atoms with Crippen LogP contribution in [0.4, 0.5) is 0 Å². The fourth-order valence-corrected chi connectivity index (χ4v) is 2.73. The van der Waals surface area contributed by atoms with Gasteiger partial charge in [0, 0.05) is 5.02 Å². The summed E-state index contributed by atoms with van der Waals surface area (Å²) in [5, 5.41) is 0.564. The van der Waals surface area contributed by atoms with Crippen LogP contribution in [0.15, 0.2) is 24.3 Å². The van der Waals surface area contributed by atoms with E-state index < -0.39 is 0 Å². The summed E-state index contributed by atoms with van der Waals surface area (Å²) in [5.74, 6) is 1.63. The monoisotopic (exact) mass is 280 g/mol. The number of esters is 1. The van der Waals surface area contributed by atoms with Crippen molar-refractivity contribution in [1.29, 1.82) is 0 Å². The SMILES string of the molecule is CCC1CC1CCCCOC(=O)c1cccc(Cl)c1. The number of carbonyl (C=O) groups excluding carboxylic acids is 1. The van der Waals surface area contributed by atoms with Crippen molar-refractivity contribution in [3.63, 3.8) is 0 Å². The molecule has 2 rings (SSSR count). The maximum Gasteiger partial charge on any atom is 0.338 e. The highest BCUT2D eigenvalue weighted by Gasteiger charge is 2.33. The number of halogens is 1. The highest BCUT2D eigenvalue weighted by Crippen LogP contribution is 2.44. The molecule has 0 spiro atoms. The lowest BCUT2D eigenvalue weighted by atomic mass is 10.1. The van der Waals surface area contributed by atoms with Gasteiger partial charge in [0.25, 0.3) is 0 Å². The maximum absolute atomic E-state index is 11.7. The van der Waals surface area contributed by atoms with E-state index in [0.717, 1.165) is 24.7 Å². The summed E-state index contributed by atoms with van der Waals surface area (Å²) in [6, 6.07) is 6.87. The van der Waals surface area contributed by atoms with Crippen LogP contribution in [-0.4, -0.2) is 12.6 Å². The molecule has 0 bridgehead atoms. The third-order valence-electron chi connectivity index (χ3n) is 3.86. The molecule has 0 aromatic heterocycles. The van der Waals surface area contributed by atoms with Gasteiger partial charge in [0.05, 0.1) is 12.2 Å². The van der Waals surface area contributed by atoms with Gasteiger partial charge in [0.2, 0.25) is 0 Å². The molecule has 0 saturated heterocycles. The zero-order valence-corrected chi connectivity index (χ0v) is 12.2. The molecule has 2 atom stereocenters. The Bertz CT molecular complexity index is 431. The van der Waals surface area contributed by atoms with Gasteiger partial charge in [-0.1, -0.05) is 37.4 Å². The van der Waals surface area contributed by atoms with Crippen molar-refractivity contribution in [3.8, 4) is 0 Å². The summed E-state index contributed by atoms with van der Waals surface area (Å²) in [6.45, 7) is 2.77. The first-order chi connectivity index (χ1) is 9.20. The molecule has 0 heterocycles. The van der Waals surface area contributed by atoms with Crippen molar-refractivity contribution in [3.05, 3.63) is 34.9 Å². The van der Waals surface area contributed by atoms with E-state index in [0.29, 0.717) is 17.2 Å². The summed E-state index contributed by atoms with van der Waals surface area (Å²) >= 11 is 5.83. The van der Waals surface area contributed by atoms with Crippen LogP contribution < -0.4 is 0 Å². The van der Waals surface area contributed by atoms with E-state index in [1.165, 1.54) is 19.3 Å². The average Bonchev–Trinajstić information content (AvgIpc) is 3.17. The standard InChI is InChI=1S/C16H21ClO2/c1-2-12-10-13(12)6-3-4-9-19-16(18)14-7-5-8-15(17)11-14/h5,7-8,11-13H,2-4,6,9-10H2,1H3. The van der Waals surface area contributed by atoms with Gasteiger partial charge >= 0.3 is 5.97 Å². The first-order valence-electron chi connectivity index (χ1n) is 7.13. The Morgan fingerprint density at radius 3 is 2.89 bits per heavy atom. The summed E-state index contributed by atoms with van der Waals surface area (Å²) in [5.41, 5.74) is 0.528. The van der Waals surface area contributed by atoms with Crippen LogP contribution in [0.1, 0.15) is 49.4 Å². The van der Waals surface area contributed by atoms with E-state index in [4.69, 9.17) is 16.3 Å². The Balaban J connectivity index is 1.59. The van der Waals surface area contributed by atoms with E-state index in [1.807, 2.05) is 0 Å². The number of ether oxygens (including phenoxy) is 1. The highest BCUT2D eigenvalue weighted by molar-refractivity contribution is 6.30. The summed E-state index contributed by atoms with van der Waals surface area (Å²) < 4.78 is 5.24. The lowest BCUT2D eigenvalue weighted by Gasteiger charge is -2.05. The van der Waals surface area contributed by atoms with E-state index >= 15 is 0 Å². The molecule has 1 aromatic rings. The Hall–Kier alpha value is -1.02. The molecule has 2 nitrogen and oxygen atoms in total. The van der Waals surface area contributed by atoms with Crippen molar-refractivity contribution < 1.29 is 9.53 Å². The molecular formula is C16H21ClO2. The van der Waals surface area contributed by atoms with Gasteiger partial charge < -0.3 is 4.74 Å². The lowest BCUT2D eigenvalue weighted by Crippen LogP contribution is -2.06. The van der Waals surface area contributed by atoms with Gasteiger partial charge in [-0.3, -0.25) is 0 Å². The predicted octanol–water partition coefficient (Wildman–Crippen LogP) is 4.71. The number of carbonyl (C=O) groups is 1. The molecule has 1 fully saturated rings. The van der Waals surface area contributed by atoms with Gasteiger partial charge in [-0.15, -0.1) is 0 Å². The van der Waals surface area contributed by atoms with Crippen molar-refractivity contribution in [1.82, 2.24) is 0 Å². The lowest BCUT2D eigenvalue weighted by molar-refractivity contribution is 0.0497. The fraction of sp³-hybridized carbons (Fsp3) is 0.562. The van der Waals surface area contributed by atoms with E-state index in [2.05, 4.69) is 6.92 Å². The molecule has 1 aromatic carbocycles. The van der Waals surface area contributed by atoms with Crippen LogP contribution in [0.2, 0.25) is 5.02 Å². The minimum atomic E-state index is -0.277. The molecule has 1 aliphatic carbocycles. The minimum Gasteiger partial charge on any atom is -0.462 e. The molecule has 104 valence electrons. The summed E-state index contributed by atoms with van der Waals surface area (Å²) in [7, 11) is 0. The molecule has 2 unspecified atom stereocenters. The Labute approximate surface area is 120 Å². The molecule has 0 aliphatic heterocycles. The molecule has 1 aliphatic rings. The van der Waals surface area contributed by atoms with Crippen LogP contribution >= 0.6 is 11.6 Å². The van der Waals surface area contributed by atoms with Crippen LogP contribution in [0.3, 0.4) is 0 Å². The van der Waals surface area contributed by atoms with Gasteiger partial charge in [0.1, 0.15) is 0 Å². The van der Waals surface area contributed by atoms with Crippen molar-refractivity contribution >= 4 is 17.6 Å². The molecule has 1 saturated carbocycles. The van der Waals surface area contributed by atoms with Crippen LogP contribution in [0, 0.1) is 11.8 Å². The smallest absolute Gasteiger partial charge is 0.338 e. The number of unbranched alkanes of at least 4 members (excludes halogenated alkanes) is 1. The largest absolute Gasteiger partial charge is 0.462 e. The third-order valence-corrected chi connectivity index (χ3v) is 4.09. The second-order valence-corrected chi connectivity index (χ2v) is 5.74. The second kappa shape index (κ2) is 6.95. The molecule has 0 amide bonds. The fourth-order valence-electron chi connectivity index (χ4n) is 2.54. The maximum atomic E-state index is 11.7. The molecular weight excluding hydrogens is 260 g/mol. The normalized spacial score (nSPS) is 21.2. The third kappa shape index (κ3) is 4.54. The zero-order chi connectivity index (χ0) is 13.7. The predicted molar refractivity (Wildman–Crippen MR) is 77.5 cm³/mol. The van der Waals surface area contributed by atoms with Crippen molar-refractivity contribution in [2.45, 2.75) is 39.0 Å². The number of benzene rings is 1. The Morgan fingerprint density at radius 2 is 2.21 bits per heavy atom. The first-order valence-corrected chi connectivity index (χ1v) is 7.51. The zero-order valence-electron chi connectivity index (χ0n) is 11.4. The highest BCUT2D eigenvalue weighted by atomic mass is 35.5. The van der Waals surface area contributed by atoms with E-state index in [-0.39, 0.29) is 5.97 Å². The Morgan fingerprint density at radius 1 is 1.37 bits per heavy atom. The summed E-state index contributed by atoms with van der Waals surface area (Å²) in [6.07, 6.45) is 6.11. The Kier molecular flexibility index (Phi) is 5.26. The number of hydrogen-bond donors (Lipinski definition) is 0. The van der Waals surface area contributed by atoms with Crippen molar-refractivity contribution in [2.24, 2.45) is 11.8 Å². The topological polar surface area (TPSA) is 26.3 Å². The van der Waals surface area contributed by atoms with Crippen LogP contribution in [-0.2, 0) is 4.74 Å². The quantitative estimate of drug-likeness (QED) is 0.534. The molecule has 3 heteroatoms. The van der Waals surface area contributed by atoms with Gasteiger partial charge in [-0.25, -0.2) is 4.79 Å². The van der Waals surface area contributed by atoms with Gasteiger partial charge in [0.15, 0.2) is 0 Å². The second-order valence-electron chi connectivity index (χ2n) is 5.31. The first kappa shape index (κ1) is 14.4. The molecule has 0 N–H and O–H groups in total. The summed E-state index contributed by atoms with van der Waals surface area (Å²) in [4.78, 5) is 11.7.